The molecular formula is C11H15N3O. The van der Waals surface area contributed by atoms with Gasteiger partial charge in [0.1, 0.15) is 0 Å². The molecule has 2 heterocycles. The third-order valence-electron chi connectivity index (χ3n) is 2.64. The number of aromatic nitrogens is 1. The van der Waals surface area contributed by atoms with E-state index in [-0.39, 0.29) is 11.9 Å². The minimum absolute atomic E-state index is 0.160. The number of hydrogen-bond donors (Lipinski definition) is 2. The van der Waals surface area contributed by atoms with Gasteiger partial charge in [0, 0.05) is 37.1 Å². The van der Waals surface area contributed by atoms with Gasteiger partial charge in [-0.2, -0.15) is 0 Å². The van der Waals surface area contributed by atoms with Gasteiger partial charge in [0.2, 0.25) is 5.91 Å². The van der Waals surface area contributed by atoms with E-state index >= 15 is 0 Å². The maximum absolute atomic E-state index is 11.0. The van der Waals surface area contributed by atoms with Crippen LogP contribution < -0.4 is 10.6 Å². The molecule has 0 radical (unpaired) electrons. The van der Waals surface area contributed by atoms with Crippen LogP contribution in [0.15, 0.2) is 18.5 Å². The number of nitrogens with zero attached hydrogens (tertiary/aromatic N) is 1. The van der Waals surface area contributed by atoms with Crippen LogP contribution in [0.1, 0.15) is 18.4 Å². The molecule has 0 spiro atoms. The molecule has 4 nitrogen and oxygen atoms in total. The van der Waals surface area contributed by atoms with Crippen LogP contribution in [0.4, 0.5) is 5.69 Å². The Hall–Kier alpha value is -1.58. The summed E-state index contributed by atoms with van der Waals surface area (Å²) in [5, 5.41) is 6.25. The normalized spacial score (nSPS) is 20.1. The Morgan fingerprint density at radius 2 is 2.53 bits per heavy atom. The Labute approximate surface area is 89.1 Å². The van der Waals surface area contributed by atoms with Crippen molar-refractivity contribution in [3.8, 4) is 0 Å². The van der Waals surface area contributed by atoms with Crippen molar-refractivity contribution in [2.45, 2.75) is 25.8 Å². The maximum Gasteiger partial charge on any atom is 0.220 e. The predicted molar refractivity (Wildman–Crippen MR) is 58.6 cm³/mol. The van der Waals surface area contributed by atoms with Crippen molar-refractivity contribution in [3.05, 3.63) is 24.0 Å². The minimum atomic E-state index is 0.160. The molecule has 0 aliphatic carbocycles. The topological polar surface area (TPSA) is 54.0 Å². The first-order valence-electron chi connectivity index (χ1n) is 5.19. The lowest BCUT2D eigenvalue weighted by Gasteiger charge is -2.13. The molecule has 1 saturated heterocycles. The third kappa shape index (κ3) is 2.46. The first-order valence-corrected chi connectivity index (χ1v) is 5.19. The van der Waals surface area contributed by atoms with Gasteiger partial charge in [-0.3, -0.25) is 9.78 Å². The second-order valence-corrected chi connectivity index (χ2v) is 3.87. The average Bonchev–Trinajstić information content (AvgIpc) is 2.63. The van der Waals surface area contributed by atoms with Crippen molar-refractivity contribution >= 4 is 11.6 Å². The highest BCUT2D eigenvalue weighted by Crippen LogP contribution is 2.13. The summed E-state index contributed by atoms with van der Waals surface area (Å²) < 4.78 is 0. The Morgan fingerprint density at radius 1 is 1.67 bits per heavy atom. The molecule has 80 valence electrons. The summed E-state index contributed by atoms with van der Waals surface area (Å²) in [6.45, 7) is 2.80. The molecule has 0 bridgehead atoms. The summed E-state index contributed by atoms with van der Waals surface area (Å²) in [6, 6.07) is 2.22. The number of anilines is 1. The lowest BCUT2D eigenvalue weighted by atomic mass is 10.2. The van der Waals surface area contributed by atoms with Crippen molar-refractivity contribution in [1.29, 1.82) is 0 Å². The second-order valence-electron chi connectivity index (χ2n) is 3.87. The first kappa shape index (κ1) is 9.96. The van der Waals surface area contributed by atoms with Crippen molar-refractivity contribution in [2.75, 3.05) is 11.9 Å². The zero-order valence-electron chi connectivity index (χ0n) is 8.79. The highest BCUT2D eigenvalue weighted by Gasteiger charge is 2.20. The monoisotopic (exact) mass is 205 g/mol. The summed E-state index contributed by atoms with van der Waals surface area (Å²) in [5.41, 5.74) is 2.22. The number of hydrogen-bond acceptors (Lipinski definition) is 3. The number of rotatable bonds is 3. The van der Waals surface area contributed by atoms with Gasteiger partial charge in [0.25, 0.3) is 0 Å². The molecule has 2 rings (SSSR count). The van der Waals surface area contributed by atoms with E-state index in [2.05, 4.69) is 15.6 Å². The molecule has 1 aromatic rings. The van der Waals surface area contributed by atoms with Crippen LogP contribution in [0.25, 0.3) is 0 Å². The smallest absolute Gasteiger partial charge is 0.220 e. The molecule has 15 heavy (non-hydrogen) atoms. The van der Waals surface area contributed by atoms with Crippen LogP contribution >= 0.6 is 0 Å². The molecular weight excluding hydrogens is 190 g/mol. The van der Waals surface area contributed by atoms with E-state index in [0.717, 1.165) is 24.2 Å². The maximum atomic E-state index is 11.0. The molecule has 1 unspecified atom stereocenters. The van der Waals surface area contributed by atoms with Crippen LogP contribution in [0, 0.1) is 6.92 Å². The van der Waals surface area contributed by atoms with E-state index in [9.17, 15) is 4.79 Å². The first-order chi connectivity index (χ1) is 7.25. The SMILES string of the molecule is Cc1cnccc1NCC1CCC(=O)N1. The molecule has 1 amide bonds. The summed E-state index contributed by atoms with van der Waals surface area (Å²) in [6.07, 6.45) is 5.18. The van der Waals surface area contributed by atoms with Crippen LogP contribution in [0.2, 0.25) is 0 Å². The molecule has 0 aromatic carbocycles. The molecule has 1 aliphatic heterocycles. The molecule has 1 aromatic heterocycles. The Kier molecular flexibility index (Phi) is 2.85. The fourth-order valence-corrected chi connectivity index (χ4v) is 1.74. The molecule has 0 saturated carbocycles. The Bertz CT molecular complexity index is 365. The van der Waals surface area contributed by atoms with E-state index in [1.807, 2.05) is 19.2 Å². The number of pyridine rings is 1. The van der Waals surface area contributed by atoms with Gasteiger partial charge in [-0.25, -0.2) is 0 Å². The van der Waals surface area contributed by atoms with Gasteiger partial charge < -0.3 is 10.6 Å². The van der Waals surface area contributed by atoms with Crippen molar-refractivity contribution in [3.63, 3.8) is 0 Å². The van der Waals surface area contributed by atoms with Gasteiger partial charge in [-0.15, -0.1) is 0 Å². The fourth-order valence-electron chi connectivity index (χ4n) is 1.74. The largest absolute Gasteiger partial charge is 0.383 e. The lowest BCUT2D eigenvalue weighted by molar-refractivity contribution is -0.119. The van der Waals surface area contributed by atoms with Gasteiger partial charge in [0.05, 0.1) is 0 Å². The Morgan fingerprint density at radius 3 is 3.20 bits per heavy atom. The van der Waals surface area contributed by atoms with Crippen LogP contribution in [-0.2, 0) is 4.79 Å². The van der Waals surface area contributed by atoms with Gasteiger partial charge >= 0.3 is 0 Å². The molecule has 1 fully saturated rings. The van der Waals surface area contributed by atoms with E-state index in [1.165, 1.54) is 0 Å². The quantitative estimate of drug-likeness (QED) is 0.776. The van der Waals surface area contributed by atoms with Crippen molar-refractivity contribution < 1.29 is 4.79 Å². The summed E-state index contributed by atoms with van der Waals surface area (Å²) >= 11 is 0. The Balaban J connectivity index is 1.88. The van der Waals surface area contributed by atoms with E-state index in [0.29, 0.717) is 6.42 Å². The fraction of sp³-hybridized carbons (Fsp3) is 0.455. The van der Waals surface area contributed by atoms with Crippen LogP contribution in [0.5, 0.6) is 0 Å². The van der Waals surface area contributed by atoms with Crippen molar-refractivity contribution in [2.24, 2.45) is 0 Å². The minimum Gasteiger partial charge on any atom is -0.383 e. The van der Waals surface area contributed by atoms with Gasteiger partial charge in [-0.1, -0.05) is 0 Å². The highest BCUT2D eigenvalue weighted by atomic mass is 16.1. The third-order valence-corrected chi connectivity index (χ3v) is 2.64. The van der Waals surface area contributed by atoms with E-state index in [1.54, 1.807) is 6.20 Å². The lowest BCUT2D eigenvalue weighted by Crippen LogP contribution is -2.31. The van der Waals surface area contributed by atoms with Crippen LogP contribution in [0.3, 0.4) is 0 Å². The van der Waals surface area contributed by atoms with Gasteiger partial charge in [0.15, 0.2) is 0 Å². The average molecular weight is 205 g/mol. The predicted octanol–water partition coefficient (Wildman–Crippen LogP) is 1.08. The summed E-state index contributed by atoms with van der Waals surface area (Å²) in [5.74, 6) is 0.160. The number of amides is 1. The van der Waals surface area contributed by atoms with Crippen LogP contribution in [-0.4, -0.2) is 23.5 Å². The number of carbonyl (C=O) groups excluding carboxylic acids is 1. The van der Waals surface area contributed by atoms with Crippen molar-refractivity contribution in [1.82, 2.24) is 10.3 Å². The molecule has 4 heteroatoms. The molecule has 2 N–H and O–H groups in total. The number of aryl methyl sites for hydroxylation is 1. The van der Waals surface area contributed by atoms with E-state index in [4.69, 9.17) is 0 Å². The zero-order valence-corrected chi connectivity index (χ0v) is 8.79. The molecule has 1 aliphatic rings. The second kappa shape index (κ2) is 4.29. The number of nitrogens with one attached hydrogen (secondary N) is 2. The number of carbonyl (C=O) groups is 1. The summed E-state index contributed by atoms with van der Waals surface area (Å²) in [4.78, 5) is 15.0. The van der Waals surface area contributed by atoms with Gasteiger partial charge in [-0.05, 0) is 25.0 Å². The highest BCUT2D eigenvalue weighted by molar-refractivity contribution is 5.78. The van der Waals surface area contributed by atoms with E-state index < -0.39 is 0 Å². The zero-order chi connectivity index (χ0) is 10.7. The summed E-state index contributed by atoms with van der Waals surface area (Å²) in [7, 11) is 0. The standard InChI is InChI=1S/C11H15N3O/c1-8-6-12-5-4-10(8)13-7-9-2-3-11(15)14-9/h4-6,9H,2-3,7H2,1H3,(H,12,13)(H,14,15). The molecule has 1 atom stereocenters.